The van der Waals surface area contributed by atoms with Gasteiger partial charge in [-0.2, -0.15) is 0 Å². The molecule has 2 saturated heterocycles. The van der Waals surface area contributed by atoms with E-state index >= 15 is 4.39 Å². The number of amides is 1. The van der Waals surface area contributed by atoms with Gasteiger partial charge in [-0.05, 0) is 75.3 Å². The van der Waals surface area contributed by atoms with Crippen LogP contribution in [0.3, 0.4) is 0 Å². The summed E-state index contributed by atoms with van der Waals surface area (Å²) in [6.07, 6.45) is 9.98. The first-order valence-corrected chi connectivity index (χ1v) is 16.1. The van der Waals surface area contributed by atoms with Crippen molar-refractivity contribution in [2.75, 3.05) is 26.2 Å². The zero-order valence-corrected chi connectivity index (χ0v) is 25.1. The lowest BCUT2D eigenvalue weighted by Crippen LogP contribution is -2.73. The highest BCUT2D eigenvalue weighted by Gasteiger charge is 2.58. The molecule has 6 rings (SSSR count). The molecule has 7 unspecified atom stereocenters. The van der Waals surface area contributed by atoms with E-state index in [0.717, 1.165) is 71.1 Å². The number of ketones is 1. The first-order valence-electron chi connectivity index (χ1n) is 16.1. The minimum atomic E-state index is -1.18. The molecule has 7 nitrogen and oxygen atoms in total. The molecule has 2 N–H and O–H groups in total. The molecule has 224 valence electrons. The molecule has 5 fully saturated rings. The van der Waals surface area contributed by atoms with Crippen molar-refractivity contribution in [3.63, 3.8) is 0 Å². The van der Waals surface area contributed by atoms with Gasteiger partial charge in [-0.3, -0.25) is 9.59 Å². The molecule has 3 aliphatic carbocycles. The number of hydrogen-bond acceptors (Lipinski definition) is 6. The van der Waals surface area contributed by atoms with Crippen molar-refractivity contribution in [3.05, 3.63) is 11.8 Å². The lowest BCUT2D eigenvalue weighted by atomic mass is 9.63. The number of likely N-dealkylation sites (tertiary alicyclic amines) is 1. The molecule has 0 aromatic carbocycles. The van der Waals surface area contributed by atoms with E-state index < -0.39 is 24.2 Å². The van der Waals surface area contributed by atoms with Gasteiger partial charge in [0.25, 0.3) is 5.91 Å². The number of carbonyl (C=O) groups excluding carboxylic acids is 2. The van der Waals surface area contributed by atoms with Gasteiger partial charge in [-0.25, -0.2) is 4.39 Å². The van der Waals surface area contributed by atoms with Crippen LogP contribution in [0.15, 0.2) is 11.8 Å². The van der Waals surface area contributed by atoms with Crippen LogP contribution >= 0.6 is 0 Å². The number of ether oxygens (including phenoxy) is 1. The third-order valence-electron chi connectivity index (χ3n) is 10.7. The summed E-state index contributed by atoms with van der Waals surface area (Å²) in [6, 6.07) is -0.478. The average molecular weight is 559 g/mol. The molecule has 1 amide bonds. The third-order valence-corrected chi connectivity index (χ3v) is 10.7. The van der Waals surface area contributed by atoms with Crippen LogP contribution in [0.5, 0.6) is 0 Å². The van der Waals surface area contributed by atoms with Crippen LogP contribution in [0.2, 0.25) is 0 Å². The highest BCUT2D eigenvalue weighted by atomic mass is 19.1. The van der Waals surface area contributed by atoms with Gasteiger partial charge >= 0.3 is 0 Å². The maximum atomic E-state index is 15.9. The zero-order valence-electron chi connectivity index (χ0n) is 25.1. The van der Waals surface area contributed by atoms with Crippen molar-refractivity contribution < 1.29 is 18.7 Å². The normalized spacial score (nSPS) is 39.3. The molecule has 0 aromatic heterocycles. The van der Waals surface area contributed by atoms with E-state index in [2.05, 4.69) is 48.1 Å². The highest BCUT2D eigenvalue weighted by Crippen LogP contribution is 2.47. The summed E-state index contributed by atoms with van der Waals surface area (Å²) in [6.45, 7) is 12.9. The van der Waals surface area contributed by atoms with Crippen LogP contribution in [0.4, 0.5) is 4.39 Å². The molecule has 3 aliphatic heterocycles. The summed E-state index contributed by atoms with van der Waals surface area (Å²) in [7, 11) is 0. The van der Waals surface area contributed by atoms with E-state index in [9.17, 15) is 9.59 Å². The molecule has 0 spiro atoms. The average Bonchev–Trinajstić information content (AvgIpc) is 3.38. The molecule has 0 aromatic rings. The largest absolute Gasteiger partial charge is 0.369 e. The fourth-order valence-corrected chi connectivity index (χ4v) is 9.60. The second-order valence-corrected chi connectivity index (χ2v) is 15.3. The van der Waals surface area contributed by atoms with Gasteiger partial charge in [0.2, 0.25) is 0 Å². The number of alkyl halides is 1. The van der Waals surface area contributed by atoms with Crippen molar-refractivity contribution in [3.8, 4) is 0 Å². The maximum Gasteiger partial charge on any atom is 0.256 e. The lowest BCUT2D eigenvalue weighted by molar-refractivity contribution is -0.197. The second-order valence-electron chi connectivity index (χ2n) is 15.3. The molecule has 3 saturated carbocycles. The summed E-state index contributed by atoms with van der Waals surface area (Å²) < 4.78 is 22.6. The number of Topliss-reactive ketones (excluding diaryl/α,β-unsaturated/α-hetero) is 1. The number of fused-ring (bicyclic) bond motifs is 2. The molecule has 6 aliphatic rings. The van der Waals surface area contributed by atoms with E-state index in [1.165, 1.54) is 12.8 Å². The topological polar surface area (TPSA) is 73.9 Å². The Morgan fingerprint density at radius 3 is 2.50 bits per heavy atom. The first-order chi connectivity index (χ1) is 19.0. The van der Waals surface area contributed by atoms with Gasteiger partial charge in [-0.15, -0.1) is 0 Å². The first kappa shape index (κ1) is 28.6. The Morgan fingerprint density at radius 2 is 1.77 bits per heavy atom. The number of morpholine rings is 1. The summed E-state index contributed by atoms with van der Waals surface area (Å²) in [4.78, 5) is 32.4. The predicted octanol–water partition coefficient (Wildman–Crippen LogP) is 3.97. The quantitative estimate of drug-likeness (QED) is 0.481. The third kappa shape index (κ3) is 5.61. The second kappa shape index (κ2) is 11.0. The lowest BCUT2D eigenvalue weighted by Gasteiger charge is -2.59. The smallest absolute Gasteiger partial charge is 0.256 e. The molecular formula is C32H51FN4O3. The monoisotopic (exact) mass is 558 g/mol. The van der Waals surface area contributed by atoms with Crippen LogP contribution in [0, 0.1) is 16.7 Å². The molecule has 3 heterocycles. The Bertz CT molecular complexity index is 992. The number of nitrogens with zero attached hydrogens (tertiary/aromatic N) is 2. The number of hydrogen-bond donors (Lipinski definition) is 2. The molecule has 0 bridgehead atoms. The fraction of sp³-hybridized carbons (Fsp3) is 0.875. The van der Waals surface area contributed by atoms with Crippen molar-refractivity contribution >= 4 is 11.7 Å². The highest BCUT2D eigenvalue weighted by molar-refractivity contribution is 6.20. The Kier molecular flexibility index (Phi) is 7.84. The molecule has 8 heteroatoms. The predicted molar refractivity (Wildman–Crippen MR) is 153 cm³/mol. The summed E-state index contributed by atoms with van der Waals surface area (Å²) in [5, 5.41) is 6.77. The number of nitrogens with one attached hydrogen (secondary N) is 2. The Balaban J connectivity index is 1.23. The van der Waals surface area contributed by atoms with Crippen LogP contribution in [-0.4, -0.2) is 90.2 Å². The maximum absolute atomic E-state index is 15.9. The summed E-state index contributed by atoms with van der Waals surface area (Å²) in [5.74, 6) is -1.03. The number of carbonyl (C=O) groups is 2. The number of rotatable bonds is 6. The molecule has 7 atom stereocenters. The number of halogens is 1. The van der Waals surface area contributed by atoms with Crippen molar-refractivity contribution in [2.24, 2.45) is 16.7 Å². The Hall–Kier alpha value is -1.51. The summed E-state index contributed by atoms with van der Waals surface area (Å²) >= 11 is 0. The van der Waals surface area contributed by atoms with Crippen LogP contribution in [0.25, 0.3) is 0 Å². The van der Waals surface area contributed by atoms with Crippen molar-refractivity contribution in [1.82, 2.24) is 20.4 Å². The minimum absolute atomic E-state index is 0.0116. The fourth-order valence-electron chi connectivity index (χ4n) is 9.60. The van der Waals surface area contributed by atoms with E-state index in [1.807, 2.05) is 6.20 Å². The molecular weight excluding hydrogens is 507 g/mol. The van der Waals surface area contributed by atoms with Crippen LogP contribution < -0.4 is 10.6 Å². The van der Waals surface area contributed by atoms with Gasteiger partial charge < -0.3 is 25.2 Å². The Morgan fingerprint density at radius 1 is 1.07 bits per heavy atom. The van der Waals surface area contributed by atoms with Gasteiger partial charge in [0, 0.05) is 31.2 Å². The van der Waals surface area contributed by atoms with Crippen molar-refractivity contribution in [1.29, 1.82) is 0 Å². The van der Waals surface area contributed by atoms with E-state index in [4.69, 9.17) is 4.74 Å². The zero-order chi connectivity index (χ0) is 28.2. The Labute approximate surface area is 240 Å². The summed E-state index contributed by atoms with van der Waals surface area (Å²) in [5.41, 5.74) is 0.480. The van der Waals surface area contributed by atoms with Gasteiger partial charge in [0.05, 0.1) is 35.9 Å². The molecule has 0 radical (unpaired) electrons. The van der Waals surface area contributed by atoms with Gasteiger partial charge in [0.15, 0.2) is 5.78 Å². The van der Waals surface area contributed by atoms with E-state index in [-0.39, 0.29) is 58.7 Å². The van der Waals surface area contributed by atoms with E-state index in [0.29, 0.717) is 0 Å². The van der Waals surface area contributed by atoms with E-state index in [1.54, 1.807) is 0 Å². The van der Waals surface area contributed by atoms with Crippen molar-refractivity contribution in [2.45, 2.75) is 134 Å². The van der Waals surface area contributed by atoms with Gasteiger partial charge in [-0.1, -0.05) is 40.5 Å². The van der Waals surface area contributed by atoms with Crippen LogP contribution in [-0.2, 0) is 14.3 Å². The van der Waals surface area contributed by atoms with Crippen LogP contribution in [0.1, 0.15) is 91.9 Å². The minimum Gasteiger partial charge on any atom is -0.369 e. The molecule has 40 heavy (non-hydrogen) atoms. The van der Waals surface area contributed by atoms with Gasteiger partial charge in [0.1, 0.15) is 6.17 Å². The SMILES string of the molecule is CC1(C)CC(NC(=O)C2=CN3C4CCCCC4OC4C(NCCN5CCCC5)C(F)CC(C2=O)C43)CC(C)(C)C1. The standard InChI is InChI=1S/C32H51FN4O3/c1-31(2)16-20(17-32(3,4)19-31)35-30(39)22-18-37-24-9-5-6-10-25(24)40-29-26(34-11-14-36-12-7-8-13-36)23(33)15-21(27(29)37)28(22)38/h18,20-21,23-27,29,34H,5-17,19H2,1-4H3,(H,35,39).